The molecule has 0 unspecified atom stereocenters. The number of nitrogens with zero attached hydrogens (tertiary/aromatic N) is 1. The van der Waals surface area contributed by atoms with Crippen LogP contribution < -0.4 is 11.3 Å². The monoisotopic (exact) mass is 307 g/mol. The third kappa shape index (κ3) is 3.02. The summed E-state index contributed by atoms with van der Waals surface area (Å²) in [6, 6.07) is 20.3. The molecule has 1 aromatic heterocycles. The van der Waals surface area contributed by atoms with Gasteiger partial charge in [-0.15, -0.1) is 24.8 Å². The predicted molar refractivity (Wildman–Crippen MR) is 89.5 cm³/mol. The molecule has 3 aromatic rings. The molecule has 0 radical (unpaired) electrons. The quantitative estimate of drug-likeness (QED) is 0.555. The smallest absolute Gasteiger partial charge is 0.141 e. The zero-order valence-corrected chi connectivity index (χ0v) is 12.2. The molecule has 0 atom stereocenters. The molecule has 0 spiro atoms. The maximum atomic E-state index is 5.48. The van der Waals surface area contributed by atoms with Crippen LogP contribution in [0.5, 0.6) is 0 Å². The Labute approximate surface area is 130 Å². The van der Waals surface area contributed by atoms with E-state index in [1.807, 2.05) is 42.5 Å². The SMILES string of the molecule is Cl.Cl.NNc1cc(-c2ccccc2)c2ccccc2n1. The number of nitrogens with two attached hydrogens (primary N) is 1. The Kier molecular flexibility index (Phi) is 5.77. The molecule has 0 aliphatic rings. The molecule has 0 fully saturated rings. The molecule has 3 nitrogen and oxygen atoms in total. The minimum absolute atomic E-state index is 0. The van der Waals surface area contributed by atoms with Gasteiger partial charge in [-0.2, -0.15) is 0 Å². The van der Waals surface area contributed by atoms with Crippen LogP contribution in [0.2, 0.25) is 0 Å². The zero-order valence-electron chi connectivity index (χ0n) is 10.6. The molecule has 0 amide bonds. The van der Waals surface area contributed by atoms with Crippen molar-refractivity contribution in [3.63, 3.8) is 0 Å². The number of nitrogens with one attached hydrogen (secondary N) is 1. The minimum Gasteiger partial charge on any atom is -0.308 e. The van der Waals surface area contributed by atoms with Crippen molar-refractivity contribution in [2.45, 2.75) is 0 Å². The number of nitrogen functional groups attached to an aromatic ring is 1. The number of pyridine rings is 1. The maximum Gasteiger partial charge on any atom is 0.141 e. The van der Waals surface area contributed by atoms with Gasteiger partial charge in [0, 0.05) is 5.39 Å². The van der Waals surface area contributed by atoms with Crippen molar-refractivity contribution in [2.75, 3.05) is 5.43 Å². The van der Waals surface area contributed by atoms with Gasteiger partial charge < -0.3 is 5.43 Å². The molecular weight excluding hydrogens is 293 g/mol. The Morgan fingerprint density at radius 3 is 2.20 bits per heavy atom. The average molecular weight is 308 g/mol. The highest BCUT2D eigenvalue weighted by Gasteiger charge is 2.06. The second kappa shape index (κ2) is 7.10. The third-order valence-electron chi connectivity index (χ3n) is 2.95. The van der Waals surface area contributed by atoms with Crippen molar-refractivity contribution in [2.24, 2.45) is 5.84 Å². The van der Waals surface area contributed by atoms with Crippen LogP contribution in [0.4, 0.5) is 5.82 Å². The number of benzene rings is 2. The summed E-state index contributed by atoms with van der Waals surface area (Å²) in [5, 5.41) is 1.13. The molecule has 1 heterocycles. The number of fused-ring (bicyclic) bond motifs is 1. The van der Waals surface area contributed by atoms with Gasteiger partial charge in [-0.05, 0) is 23.3 Å². The van der Waals surface area contributed by atoms with Gasteiger partial charge in [-0.25, -0.2) is 10.8 Å². The summed E-state index contributed by atoms with van der Waals surface area (Å²) in [7, 11) is 0. The van der Waals surface area contributed by atoms with Gasteiger partial charge in [0.25, 0.3) is 0 Å². The lowest BCUT2D eigenvalue weighted by Gasteiger charge is -2.09. The first-order valence-electron chi connectivity index (χ1n) is 5.80. The van der Waals surface area contributed by atoms with E-state index in [1.54, 1.807) is 0 Å². The summed E-state index contributed by atoms with van der Waals surface area (Å²) in [4.78, 5) is 4.44. The molecule has 104 valence electrons. The van der Waals surface area contributed by atoms with Crippen LogP contribution in [0, 0.1) is 0 Å². The van der Waals surface area contributed by atoms with Crippen LogP contribution in [0.1, 0.15) is 0 Å². The lowest BCUT2D eigenvalue weighted by molar-refractivity contribution is 1.26. The van der Waals surface area contributed by atoms with Crippen molar-refractivity contribution in [1.29, 1.82) is 0 Å². The van der Waals surface area contributed by atoms with Crippen LogP contribution in [-0.2, 0) is 0 Å². The molecule has 2 aromatic carbocycles. The van der Waals surface area contributed by atoms with Gasteiger partial charge in [0.1, 0.15) is 5.82 Å². The standard InChI is InChI=1S/C15H13N3.2ClH/c16-18-15-10-13(11-6-2-1-3-7-11)12-8-4-5-9-14(12)17-15;;/h1-10H,16H2,(H,17,18);2*1H. The van der Waals surface area contributed by atoms with E-state index in [4.69, 9.17) is 5.84 Å². The van der Waals surface area contributed by atoms with Crippen LogP contribution in [0.3, 0.4) is 0 Å². The van der Waals surface area contributed by atoms with Gasteiger partial charge in [0.2, 0.25) is 0 Å². The highest BCUT2D eigenvalue weighted by molar-refractivity contribution is 5.95. The second-order valence-corrected chi connectivity index (χ2v) is 4.08. The summed E-state index contributed by atoms with van der Waals surface area (Å²) >= 11 is 0. The first-order valence-corrected chi connectivity index (χ1v) is 5.80. The van der Waals surface area contributed by atoms with Crippen LogP contribution in [0.15, 0.2) is 60.7 Å². The van der Waals surface area contributed by atoms with Crippen LogP contribution in [0.25, 0.3) is 22.0 Å². The van der Waals surface area contributed by atoms with Gasteiger partial charge in [-0.1, -0.05) is 48.5 Å². The van der Waals surface area contributed by atoms with E-state index in [0.717, 1.165) is 22.0 Å². The number of rotatable bonds is 2. The molecule has 3 N–H and O–H groups in total. The Bertz CT molecular complexity index is 687. The normalized spacial score (nSPS) is 9.45. The van der Waals surface area contributed by atoms with E-state index in [2.05, 4.69) is 28.6 Å². The molecule has 0 bridgehead atoms. The van der Waals surface area contributed by atoms with E-state index in [-0.39, 0.29) is 24.8 Å². The van der Waals surface area contributed by atoms with Crippen molar-refractivity contribution >= 4 is 41.5 Å². The third-order valence-corrected chi connectivity index (χ3v) is 2.95. The van der Waals surface area contributed by atoms with E-state index in [9.17, 15) is 0 Å². The van der Waals surface area contributed by atoms with E-state index in [1.165, 1.54) is 0 Å². The Morgan fingerprint density at radius 2 is 1.50 bits per heavy atom. The Balaban J connectivity index is 0.000001000. The van der Waals surface area contributed by atoms with Crippen molar-refractivity contribution < 1.29 is 0 Å². The Hall–Kier alpha value is -1.81. The minimum atomic E-state index is 0. The fraction of sp³-hybridized carbons (Fsp3) is 0. The number of hydrogen-bond donors (Lipinski definition) is 2. The van der Waals surface area contributed by atoms with Crippen molar-refractivity contribution in [1.82, 2.24) is 4.98 Å². The highest BCUT2D eigenvalue weighted by atomic mass is 35.5. The summed E-state index contributed by atoms with van der Waals surface area (Å²) in [6.07, 6.45) is 0. The number of para-hydroxylation sites is 1. The predicted octanol–water partition coefficient (Wildman–Crippen LogP) is 4.03. The highest BCUT2D eigenvalue weighted by Crippen LogP contribution is 2.29. The molecule has 0 saturated heterocycles. The number of aromatic nitrogens is 1. The summed E-state index contributed by atoms with van der Waals surface area (Å²) in [5.74, 6) is 6.15. The summed E-state index contributed by atoms with van der Waals surface area (Å²) < 4.78 is 0. The van der Waals surface area contributed by atoms with E-state index in [0.29, 0.717) is 5.82 Å². The number of anilines is 1. The van der Waals surface area contributed by atoms with E-state index < -0.39 is 0 Å². The van der Waals surface area contributed by atoms with Gasteiger partial charge in [0.15, 0.2) is 0 Å². The first-order chi connectivity index (χ1) is 8.88. The molecular formula is C15H15Cl2N3. The van der Waals surface area contributed by atoms with Gasteiger partial charge in [0.05, 0.1) is 5.52 Å². The number of hydrazine groups is 1. The molecule has 0 saturated carbocycles. The fourth-order valence-electron chi connectivity index (χ4n) is 2.11. The molecule has 20 heavy (non-hydrogen) atoms. The summed E-state index contributed by atoms with van der Waals surface area (Å²) in [6.45, 7) is 0. The zero-order chi connectivity index (χ0) is 12.4. The van der Waals surface area contributed by atoms with Gasteiger partial charge in [-0.3, -0.25) is 0 Å². The van der Waals surface area contributed by atoms with Crippen LogP contribution in [-0.4, -0.2) is 4.98 Å². The maximum absolute atomic E-state index is 5.48. The fourth-order valence-corrected chi connectivity index (χ4v) is 2.11. The largest absolute Gasteiger partial charge is 0.308 e. The van der Waals surface area contributed by atoms with Crippen LogP contribution >= 0.6 is 24.8 Å². The molecule has 3 rings (SSSR count). The topological polar surface area (TPSA) is 50.9 Å². The first kappa shape index (κ1) is 16.2. The molecule has 0 aliphatic carbocycles. The average Bonchev–Trinajstić information content (AvgIpc) is 2.47. The van der Waals surface area contributed by atoms with Crippen molar-refractivity contribution in [3.05, 3.63) is 60.7 Å². The lowest BCUT2D eigenvalue weighted by Crippen LogP contribution is -2.08. The second-order valence-electron chi connectivity index (χ2n) is 4.08. The van der Waals surface area contributed by atoms with Gasteiger partial charge >= 0.3 is 0 Å². The Morgan fingerprint density at radius 1 is 0.850 bits per heavy atom. The van der Waals surface area contributed by atoms with Crippen molar-refractivity contribution in [3.8, 4) is 11.1 Å². The molecule has 5 heteroatoms. The molecule has 0 aliphatic heterocycles. The van der Waals surface area contributed by atoms with E-state index >= 15 is 0 Å². The number of hydrogen-bond acceptors (Lipinski definition) is 3. The summed E-state index contributed by atoms with van der Waals surface area (Å²) in [5.41, 5.74) is 5.85. The lowest BCUT2D eigenvalue weighted by atomic mass is 10.0. The number of halogens is 2.